The molecular weight excluding hydrogens is 502 g/mol. The van der Waals surface area contributed by atoms with Crippen LogP contribution >= 0.6 is 0 Å². The topological polar surface area (TPSA) is 33.3 Å². The average molecular weight is 538 g/mol. The summed E-state index contributed by atoms with van der Waals surface area (Å²) < 4.78 is 8.84. The molecule has 0 amide bonds. The Labute approximate surface area is 241 Å². The van der Waals surface area contributed by atoms with Crippen LogP contribution in [0.15, 0.2) is 82.6 Å². The van der Waals surface area contributed by atoms with E-state index in [1.54, 1.807) is 11.1 Å². The number of hydrogen-bond acceptors (Lipinski definition) is 3. The monoisotopic (exact) mass is 537 g/mol. The molecule has 0 saturated carbocycles. The Morgan fingerprint density at radius 2 is 1.85 bits per heavy atom. The molecular formula is C37H35N3O. The van der Waals surface area contributed by atoms with Gasteiger partial charge in [-0.05, 0) is 86.8 Å². The molecule has 0 fully saturated rings. The molecule has 2 unspecified atom stereocenters. The van der Waals surface area contributed by atoms with E-state index in [1.165, 1.54) is 70.7 Å². The summed E-state index contributed by atoms with van der Waals surface area (Å²) in [6.07, 6.45) is 30.1. The SMILES string of the molecule is C1=CC(n2ccc3c2C=CC2C3C3=C(CCCC3)c3ccccc3N2C2=Cc3oc4c(c3CC2)C=CCN4)=CCC1. The van der Waals surface area contributed by atoms with Crippen LogP contribution < -0.4 is 10.2 Å². The lowest BCUT2D eigenvalue weighted by molar-refractivity contribution is 0.557. The first-order chi connectivity index (χ1) is 20.3. The van der Waals surface area contributed by atoms with E-state index in [0.717, 1.165) is 43.9 Å². The lowest BCUT2D eigenvalue weighted by Gasteiger charge is -2.41. The number of fused-ring (bicyclic) bond motifs is 9. The van der Waals surface area contributed by atoms with Crippen LogP contribution in [0.1, 0.15) is 84.6 Å². The minimum atomic E-state index is 0.233. The van der Waals surface area contributed by atoms with Gasteiger partial charge in [0.15, 0.2) is 0 Å². The molecule has 0 bridgehead atoms. The number of aromatic nitrogens is 1. The van der Waals surface area contributed by atoms with Crippen molar-refractivity contribution in [2.75, 3.05) is 16.8 Å². The van der Waals surface area contributed by atoms with E-state index in [0.29, 0.717) is 5.92 Å². The van der Waals surface area contributed by atoms with Gasteiger partial charge in [-0.2, -0.15) is 0 Å². The second kappa shape index (κ2) is 9.17. The maximum atomic E-state index is 6.42. The number of allylic oxidation sites excluding steroid dienone is 6. The van der Waals surface area contributed by atoms with E-state index >= 15 is 0 Å². The van der Waals surface area contributed by atoms with Crippen molar-refractivity contribution in [3.05, 3.63) is 112 Å². The van der Waals surface area contributed by atoms with Crippen LogP contribution in [0.5, 0.6) is 0 Å². The molecule has 4 heteroatoms. The summed E-state index contributed by atoms with van der Waals surface area (Å²) >= 11 is 0. The van der Waals surface area contributed by atoms with E-state index in [1.807, 2.05) is 0 Å². The number of para-hydroxylation sites is 1. The van der Waals surface area contributed by atoms with Crippen LogP contribution in [0.2, 0.25) is 0 Å². The van der Waals surface area contributed by atoms with Crippen LogP contribution in [-0.4, -0.2) is 17.2 Å². The van der Waals surface area contributed by atoms with Crippen LogP contribution in [0.4, 0.5) is 11.6 Å². The zero-order valence-corrected chi connectivity index (χ0v) is 23.4. The molecule has 6 aliphatic rings. The summed E-state index contributed by atoms with van der Waals surface area (Å²) in [7, 11) is 0. The van der Waals surface area contributed by atoms with Gasteiger partial charge in [-0.25, -0.2) is 0 Å². The van der Waals surface area contributed by atoms with E-state index in [2.05, 4.69) is 99.9 Å². The van der Waals surface area contributed by atoms with Crippen LogP contribution in [0.3, 0.4) is 0 Å². The first-order valence-corrected chi connectivity index (χ1v) is 15.5. The standard InChI is InChI=1S/C37H35N3O/c1-2-9-24(10-3-1)39-22-20-31-32(39)18-19-34-36(31)29-13-5-4-11-26(29)27-12-6-7-15-33(27)40(34)25-16-17-28-30-14-8-21-38-37(30)41-35(28)23-25/h2,6-10,12,14-15,18-20,22-23,34,36,38H,1,3-5,11,13,16-17,21H2. The molecule has 41 heavy (non-hydrogen) atoms. The molecule has 0 spiro atoms. The number of nitrogens with one attached hydrogen (secondary N) is 1. The van der Waals surface area contributed by atoms with E-state index < -0.39 is 0 Å². The van der Waals surface area contributed by atoms with Crippen molar-refractivity contribution in [3.8, 4) is 0 Å². The molecule has 2 atom stereocenters. The maximum absolute atomic E-state index is 6.42. The van der Waals surface area contributed by atoms with Gasteiger partial charge in [0.2, 0.25) is 5.88 Å². The van der Waals surface area contributed by atoms with Gasteiger partial charge in [0.05, 0.1) is 6.04 Å². The Morgan fingerprint density at radius 1 is 0.902 bits per heavy atom. The van der Waals surface area contributed by atoms with Gasteiger partial charge in [0, 0.05) is 64.2 Å². The number of anilines is 2. The number of nitrogens with zero attached hydrogens (tertiary/aromatic N) is 2. The summed E-state index contributed by atoms with van der Waals surface area (Å²) in [6, 6.07) is 11.8. The highest BCUT2D eigenvalue weighted by Crippen LogP contribution is 2.53. The second-order valence-electron chi connectivity index (χ2n) is 12.2. The van der Waals surface area contributed by atoms with Crippen molar-refractivity contribution in [1.82, 2.24) is 4.57 Å². The number of furan rings is 1. The lowest BCUT2D eigenvalue weighted by atomic mass is 9.74. The highest BCUT2D eigenvalue weighted by molar-refractivity contribution is 5.87. The van der Waals surface area contributed by atoms with Gasteiger partial charge in [0.25, 0.3) is 0 Å². The lowest BCUT2D eigenvalue weighted by Crippen LogP contribution is -2.40. The molecule has 2 aromatic heterocycles. The molecule has 0 radical (unpaired) electrons. The smallest absolute Gasteiger partial charge is 0.201 e. The van der Waals surface area contributed by atoms with Crippen molar-refractivity contribution in [3.63, 3.8) is 0 Å². The number of benzene rings is 1. The second-order valence-corrected chi connectivity index (χ2v) is 12.2. The van der Waals surface area contributed by atoms with E-state index in [4.69, 9.17) is 4.42 Å². The Hall–Kier alpha value is -4.18. The summed E-state index contributed by atoms with van der Waals surface area (Å²) in [5.74, 6) is 2.29. The largest absolute Gasteiger partial charge is 0.440 e. The van der Waals surface area contributed by atoms with Gasteiger partial charge in [0.1, 0.15) is 5.76 Å². The normalized spacial score (nSPS) is 23.8. The summed E-state index contributed by atoms with van der Waals surface area (Å²) in [5, 5.41) is 3.43. The van der Waals surface area contributed by atoms with Gasteiger partial charge in [-0.1, -0.05) is 54.2 Å². The summed E-state index contributed by atoms with van der Waals surface area (Å²) in [4.78, 5) is 2.68. The van der Waals surface area contributed by atoms with Crippen LogP contribution in [-0.2, 0) is 6.42 Å². The molecule has 9 rings (SSSR count). The Bertz CT molecular complexity index is 1770. The van der Waals surface area contributed by atoms with Crippen molar-refractivity contribution in [2.24, 2.45) is 0 Å². The molecule has 1 aromatic carbocycles. The predicted octanol–water partition coefficient (Wildman–Crippen LogP) is 9.02. The molecule has 0 saturated heterocycles. The average Bonchev–Trinajstić information content (AvgIpc) is 3.60. The highest BCUT2D eigenvalue weighted by Gasteiger charge is 2.42. The maximum Gasteiger partial charge on any atom is 0.201 e. The summed E-state index contributed by atoms with van der Waals surface area (Å²) in [6.45, 7) is 0.829. The van der Waals surface area contributed by atoms with Crippen molar-refractivity contribution in [1.29, 1.82) is 0 Å². The van der Waals surface area contributed by atoms with Gasteiger partial charge in [-0.15, -0.1) is 0 Å². The van der Waals surface area contributed by atoms with Gasteiger partial charge in [-0.3, -0.25) is 0 Å². The fraction of sp³-hybridized carbons (Fsp3) is 0.297. The Kier molecular flexibility index (Phi) is 5.26. The molecule has 4 aliphatic carbocycles. The third-order valence-electron chi connectivity index (χ3n) is 10.00. The minimum Gasteiger partial charge on any atom is -0.440 e. The summed E-state index contributed by atoms with van der Waals surface area (Å²) in [5.41, 5.74) is 14.1. The third-order valence-corrected chi connectivity index (χ3v) is 10.00. The van der Waals surface area contributed by atoms with Crippen molar-refractivity contribution in [2.45, 2.75) is 63.3 Å². The first-order valence-electron chi connectivity index (χ1n) is 15.5. The molecule has 4 nitrogen and oxygen atoms in total. The quantitative estimate of drug-likeness (QED) is 0.354. The predicted molar refractivity (Wildman–Crippen MR) is 169 cm³/mol. The number of hydrogen-bond donors (Lipinski definition) is 1. The molecule has 1 N–H and O–H groups in total. The number of rotatable bonds is 2. The zero-order chi connectivity index (χ0) is 26.9. The van der Waals surface area contributed by atoms with E-state index in [-0.39, 0.29) is 6.04 Å². The van der Waals surface area contributed by atoms with Crippen molar-refractivity contribution < 1.29 is 4.42 Å². The van der Waals surface area contributed by atoms with Crippen molar-refractivity contribution >= 4 is 41.1 Å². The van der Waals surface area contributed by atoms with Gasteiger partial charge < -0.3 is 19.2 Å². The fourth-order valence-electron chi connectivity index (χ4n) is 8.21. The fourth-order valence-corrected chi connectivity index (χ4v) is 8.21. The van der Waals surface area contributed by atoms with E-state index in [9.17, 15) is 0 Å². The Balaban J connectivity index is 1.23. The minimum absolute atomic E-state index is 0.233. The Morgan fingerprint density at radius 3 is 2.80 bits per heavy atom. The first kappa shape index (κ1) is 23.5. The van der Waals surface area contributed by atoms with Crippen LogP contribution in [0.25, 0.3) is 29.5 Å². The highest BCUT2D eigenvalue weighted by atomic mass is 16.4. The molecule has 2 aliphatic heterocycles. The molecule has 4 heterocycles. The molecule has 204 valence electrons. The van der Waals surface area contributed by atoms with Crippen LogP contribution in [0, 0.1) is 0 Å². The zero-order valence-electron chi connectivity index (χ0n) is 23.4. The third kappa shape index (κ3) is 3.52. The van der Waals surface area contributed by atoms with Gasteiger partial charge >= 0.3 is 0 Å². The molecule has 3 aromatic rings.